The van der Waals surface area contributed by atoms with Crippen molar-refractivity contribution in [1.82, 2.24) is 5.32 Å². The molecule has 0 spiro atoms. The average molecular weight is 295 g/mol. The number of hydrogen-bond acceptors (Lipinski definition) is 1. The van der Waals surface area contributed by atoms with Crippen molar-refractivity contribution in [2.45, 2.75) is 39.5 Å². The highest BCUT2D eigenvalue weighted by Crippen LogP contribution is 2.14. The third-order valence-electron chi connectivity index (χ3n) is 4.19. The van der Waals surface area contributed by atoms with Gasteiger partial charge in [0.15, 0.2) is 0 Å². The standard InChI is InChI=1S/C20H25NO/c1-15-9-10-18(13-16(15)2)11-12-20(22)21-14-17(3)19-7-5-4-6-8-19/h4-10,13,17H,11-12,14H2,1-3H3,(H,21,22)/t17-/m1/s1. The summed E-state index contributed by atoms with van der Waals surface area (Å²) in [6.45, 7) is 7.05. The van der Waals surface area contributed by atoms with Crippen molar-refractivity contribution in [1.29, 1.82) is 0 Å². The molecule has 2 nitrogen and oxygen atoms in total. The normalized spacial score (nSPS) is 12.0. The van der Waals surface area contributed by atoms with Gasteiger partial charge in [0.1, 0.15) is 0 Å². The highest BCUT2D eigenvalue weighted by atomic mass is 16.1. The summed E-state index contributed by atoms with van der Waals surface area (Å²) in [5.41, 5.74) is 5.08. The summed E-state index contributed by atoms with van der Waals surface area (Å²) < 4.78 is 0. The van der Waals surface area contributed by atoms with E-state index in [-0.39, 0.29) is 5.91 Å². The molecule has 2 rings (SSSR count). The van der Waals surface area contributed by atoms with Gasteiger partial charge in [0.2, 0.25) is 5.91 Å². The Morgan fingerprint density at radius 2 is 1.77 bits per heavy atom. The summed E-state index contributed by atoms with van der Waals surface area (Å²) in [6, 6.07) is 16.7. The van der Waals surface area contributed by atoms with Gasteiger partial charge >= 0.3 is 0 Å². The fraction of sp³-hybridized carbons (Fsp3) is 0.350. The molecule has 0 saturated heterocycles. The molecule has 1 atom stereocenters. The molecular weight excluding hydrogens is 270 g/mol. The first kappa shape index (κ1) is 16.3. The van der Waals surface area contributed by atoms with Crippen LogP contribution in [0.3, 0.4) is 0 Å². The van der Waals surface area contributed by atoms with Crippen molar-refractivity contribution < 1.29 is 4.79 Å². The molecule has 116 valence electrons. The van der Waals surface area contributed by atoms with Crippen LogP contribution in [-0.2, 0) is 11.2 Å². The van der Waals surface area contributed by atoms with Gasteiger partial charge in [-0.25, -0.2) is 0 Å². The maximum atomic E-state index is 12.0. The molecule has 0 aromatic heterocycles. The molecule has 0 bridgehead atoms. The minimum atomic E-state index is 0.126. The van der Waals surface area contributed by atoms with Crippen LogP contribution >= 0.6 is 0 Å². The van der Waals surface area contributed by atoms with Gasteiger partial charge in [-0.05, 0) is 48.4 Å². The lowest BCUT2D eigenvalue weighted by Gasteiger charge is -2.13. The Labute approximate surface area is 133 Å². The number of benzene rings is 2. The fourth-order valence-electron chi connectivity index (χ4n) is 2.47. The van der Waals surface area contributed by atoms with Gasteiger partial charge in [-0.3, -0.25) is 4.79 Å². The van der Waals surface area contributed by atoms with E-state index in [9.17, 15) is 4.79 Å². The zero-order valence-corrected chi connectivity index (χ0v) is 13.7. The smallest absolute Gasteiger partial charge is 0.220 e. The Bertz CT molecular complexity index is 619. The number of amides is 1. The Balaban J connectivity index is 1.77. The third kappa shape index (κ3) is 4.73. The van der Waals surface area contributed by atoms with Crippen LogP contribution < -0.4 is 5.32 Å². The van der Waals surface area contributed by atoms with Crippen molar-refractivity contribution in [2.75, 3.05) is 6.54 Å². The van der Waals surface area contributed by atoms with E-state index in [4.69, 9.17) is 0 Å². The van der Waals surface area contributed by atoms with E-state index < -0.39 is 0 Å². The SMILES string of the molecule is Cc1ccc(CCC(=O)NC[C@@H](C)c2ccccc2)cc1C. The van der Waals surface area contributed by atoms with Gasteiger partial charge in [-0.15, -0.1) is 0 Å². The van der Waals surface area contributed by atoms with Gasteiger partial charge in [-0.2, -0.15) is 0 Å². The van der Waals surface area contributed by atoms with Crippen LogP contribution in [0.1, 0.15) is 41.5 Å². The second kappa shape index (κ2) is 7.79. The average Bonchev–Trinajstić information content (AvgIpc) is 2.54. The monoisotopic (exact) mass is 295 g/mol. The van der Waals surface area contributed by atoms with Gasteiger partial charge in [0.25, 0.3) is 0 Å². The van der Waals surface area contributed by atoms with Gasteiger partial charge in [0.05, 0.1) is 0 Å². The van der Waals surface area contributed by atoms with Crippen molar-refractivity contribution in [3.05, 3.63) is 70.8 Å². The molecule has 0 aliphatic carbocycles. The van der Waals surface area contributed by atoms with Crippen LogP contribution in [-0.4, -0.2) is 12.5 Å². The van der Waals surface area contributed by atoms with E-state index in [1.807, 2.05) is 18.2 Å². The lowest BCUT2D eigenvalue weighted by molar-refractivity contribution is -0.121. The Hall–Kier alpha value is -2.09. The summed E-state index contributed by atoms with van der Waals surface area (Å²) in [5, 5.41) is 3.04. The van der Waals surface area contributed by atoms with Crippen LogP contribution in [0.25, 0.3) is 0 Å². The predicted octanol–water partition coefficient (Wildman–Crippen LogP) is 4.16. The first-order valence-corrected chi connectivity index (χ1v) is 7.94. The quantitative estimate of drug-likeness (QED) is 0.852. The van der Waals surface area contributed by atoms with E-state index in [2.05, 4.69) is 56.4 Å². The highest BCUT2D eigenvalue weighted by molar-refractivity contribution is 5.76. The van der Waals surface area contributed by atoms with Gasteiger partial charge in [-0.1, -0.05) is 55.5 Å². The second-order valence-electron chi connectivity index (χ2n) is 6.03. The molecule has 22 heavy (non-hydrogen) atoms. The molecule has 0 aliphatic rings. The molecule has 0 heterocycles. The molecule has 0 aliphatic heterocycles. The molecule has 0 saturated carbocycles. The summed E-state index contributed by atoms with van der Waals surface area (Å²) in [6.07, 6.45) is 1.34. The Morgan fingerprint density at radius 3 is 2.45 bits per heavy atom. The summed E-state index contributed by atoms with van der Waals surface area (Å²) in [7, 11) is 0. The molecule has 0 radical (unpaired) electrons. The Kier molecular flexibility index (Phi) is 5.76. The minimum Gasteiger partial charge on any atom is -0.355 e. The first-order valence-electron chi connectivity index (χ1n) is 7.94. The summed E-state index contributed by atoms with van der Waals surface area (Å²) in [4.78, 5) is 12.0. The van der Waals surface area contributed by atoms with Crippen molar-refractivity contribution in [3.8, 4) is 0 Å². The molecule has 2 heteroatoms. The molecule has 1 amide bonds. The zero-order chi connectivity index (χ0) is 15.9. The van der Waals surface area contributed by atoms with Gasteiger partial charge in [0, 0.05) is 13.0 Å². The molecule has 2 aromatic carbocycles. The highest BCUT2D eigenvalue weighted by Gasteiger charge is 2.08. The predicted molar refractivity (Wildman–Crippen MR) is 92.1 cm³/mol. The van der Waals surface area contributed by atoms with Crippen LogP contribution in [0.15, 0.2) is 48.5 Å². The molecular formula is C20H25NO. The van der Waals surface area contributed by atoms with Crippen LogP contribution in [0.4, 0.5) is 0 Å². The second-order valence-corrected chi connectivity index (χ2v) is 6.03. The number of hydrogen-bond donors (Lipinski definition) is 1. The Morgan fingerprint density at radius 1 is 1.05 bits per heavy atom. The van der Waals surface area contributed by atoms with E-state index in [1.54, 1.807) is 0 Å². The van der Waals surface area contributed by atoms with Crippen LogP contribution in [0, 0.1) is 13.8 Å². The van der Waals surface area contributed by atoms with Crippen LogP contribution in [0.5, 0.6) is 0 Å². The summed E-state index contributed by atoms with van der Waals surface area (Å²) in [5.74, 6) is 0.466. The number of carbonyl (C=O) groups is 1. The molecule has 2 aromatic rings. The van der Waals surface area contributed by atoms with E-state index in [0.717, 1.165) is 6.42 Å². The maximum absolute atomic E-state index is 12.0. The van der Waals surface area contributed by atoms with E-state index in [0.29, 0.717) is 18.9 Å². The molecule has 0 unspecified atom stereocenters. The maximum Gasteiger partial charge on any atom is 0.220 e. The van der Waals surface area contributed by atoms with Crippen molar-refractivity contribution >= 4 is 5.91 Å². The van der Waals surface area contributed by atoms with Crippen LogP contribution in [0.2, 0.25) is 0 Å². The number of carbonyl (C=O) groups excluding carboxylic acids is 1. The third-order valence-corrected chi connectivity index (χ3v) is 4.19. The number of nitrogens with one attached hydrogen (secondary N) is 1. The topological polar surface area (TPSA) is 29.1 Å². The number of rotatable bonds is 6. The van der Waals surface area contributed by atoms with Crippen molar-refractivity contribution in [3.63, 3.8) is 0 Å². The zero-order valence-electron chi connectivity index (χ0n) is 13.7. The lowest BCUT2D eigenvalue weighted by atomic mass is 10.0. The number of aryl methyl sites for hydroxylation is 3. The van der Waals surface area contributed by atoms with Gasteiger partial charge < -0.3 is 5.32 Å². The largest absolute Gasteiger partial charge is 0.355 e. The van der Waals surface area contributed by atoms with Crippen molar-refractivity contribution in [2.24, 2.45) is 0 Å². The van der Waals surface area contributed by atoms with E-state index in [1.165, 1.54) is 22.3 Å². The lowest BCUT2D eigenvalue weighted by Crippen LogP contribution is -2.27. The fourth-order valence-corrected chi connectivity index (χ4v) is 2.47. The molecule has 0 fully saturated rings. The minimum absolute atomic E-state index is 0.126. The van der Waals surface area contributed by atoms with E-state index >= 15 is 0 Å². The first-order chi connectivity index (χ1) is 10.6. The molecule has 1 N–H and O–H groups in total. The summed E-state index contributed by atoms with van der Waals surface area (Å²) >= 11 is 0.